The van der Waals surface area contributed by atoms with Gasteiger partial charge in [0.25, 0.3) is 0 Å². The molecule has 0 unspecified atom stereocenters. The highest BCUT2D eigenvalue weighted by Crippen LogP contribution is 2.27. The highest BCUT2D eigenvalue weighted by Gasteiger charge is 2.29. The minimum Gasteiger partial charge on any atom is -0.542 e. The van der Waals surface area contributed by atoms with Gasteiger partial charge >= 0.3 is 12.4 Å². The maximum Gasteiger partial charge on any atom is 0.430 e. The van der Waals surface area contributed by atoms with Gasteiger partial charge in [0.2, 0.25) is 11.0 Å². The predicted molar refractivity (Wildman–Crippen MR) is 190 cm³/mol. The van der Waals surface area contributed by atoms with Gasteiger partial charge in [0, 0.05) is 58.5 Å². The summed E-state index contributed by atoms with van der Waals surface area (Å²) in [5, 5.41) is 28.5. The maximum atomic E-state index is 10.5. The van der Waals surface area contributed by atoms with Crippen LogP contribution < -0.4 is 30.0 Å². The number of anilines is 2. The lowest BCUT2D eigenvalue weighted by atomic mass is 10.1. The first-order valence-corrected chi connectivity index (χ1v) is 16.7. The van der Waals surface area contributed by atoms with E-state index in [1.807, 2.05) is 24.3 Å². The highest BCUT2D eigenvalue weighted by atomic mass is 35.5. The van der Waals surface area contributed by atoms with Gasteiger partial charge in [-0.05, 0) is 41.5 Å². The van der Waals surface area contributed by atoms with E-state index in [0.717, 1.165) is 69.4 Å². The van der Waals surface area contributed by atoms with Gasteiger partial charge in [-0.3, -0.25) is 0 Å². The molecule has 288 valence electrons. The third kappa shape index (κ3) is 11.2. The molecule has 0 amide bonds. The summed E-state index contributed by atoms with van der Waals surface area (Å²) in [5.41, 5.74) is 9.35. The van der Waals surface area contributed by atoms with Crippen LogP contribution in [0.3, 0.4) is 0 Å². The summed E-state index contributed by atoms with van der Waals surface area (Å²) in [7, 11) is 0. The molecule has 4 aliphatic heterocycles. The van der Waals surface area contributed by atoms with E-state index in [0.29, 0.717) is 0 Å². The average Bonchev–Trinajstić information content (AvgIpc) is 3.11. The fraction of sp³-hybridized carbons (Fsp3) is 0.158. The first kappa shape index (κ1) is 42.1. The van der Waals surface area contributed by atoms with Crippen LogP contribution in [0.5, 0.6) is 0 Å². The van der Waals surface area contributed by atoms with E-state index in [1.54, 1.807) is 0 Å². The number of aromatic nitrogens is 2. The van der Waals surface area contributed by atoms with Gasteiger partial charge in [-0.15, -0.1) is 0 Å². The molecule has 0 atom stereocenters. The molecule has 0 fully saturated rings. The molecule has 0 saturated heterocycles. The van der Waals surface area contributed by atoms with Crippen molar-refractivity contribution in [3.63, 3.8) is 0 Å². The van der Waals surface area contributed by atoms with Crippen LogP contribution in [0.15, 0.2) is 109 Å². The zero-order valence-corrected chi connectivity index (χ0v) is 29.8. The van der Waals surface area contributed by atoms with Crippen molar-refractivity contribution in [1.29, 1.82) is 0 Å². The lowest BCUT2D eigenvalue weighted by Crippen LogP contribution is -2.37. The van der Waals surface area contributed by atoms with Gasteiger partial charge in [-0.1, -0.05) is 65.7 Å². The number of carbonyl (C=O) groups excluding carboxylic acids is 2. The molecule has 4 N–H and O–H groups in total. The third-order valence-corrected chi connectivity index (χ3v) is 8.58. The second kappa shape index (κ2) is 17.7. The Morgan fingerprint density at radius 2 is 0.927 bits per heavy atom. The molecule has 6 heterocycles. The van der Waals surface area contributed by atoms with Crippen molar-refractivity contribution in [2.24, 2.45) is 0 Å². The monoisotopic (exact) mass is 806 g/mol. The van der Waals surface area contributed by atoms with E-state index in [4.69, 9.17) is 43.0 Å². The van der Waals surface area contributed by atoms with Crippen LogP contribution in [0.25, 0.3) is 21.8 Å². The number of hydrogen-bond donors (Lipinski definition) is 2. The van der Waals surface area contributed by atoms with Crippen LogP contribution in [-0.2, 0) is 35.8 Å². The van der Waals surface area contributed by atoms with E-state index < -0.39 is 24.3 Å². The zero-order valence-electron chi connectivity index (χ0n) is 28.3. The normalized spacial score (nSPS) is 12.5. The number of carbonyl (C=O) groups is 2. The number of fused-ring (bicyclic) bond motifs is 1. The SMILES string of the molecule is Clc1ccc2c(c1)c1cc[n+]2Cc2cccc(c2)C[n+]2ccc(c3cc(Cl)ccc32)NCc2ccc(cc2)CN1.O.O=C([O-])C(F)(F)F.O=C([O-])C(F)(F)F. The van der Waals surface area contributed by atoms with Crippen molar-refractivity contribution in [2.75, 3.05) is 10.6 Å². The molecule has 10 rings (SSSR count). The number of carboxylic acid groups (broad SMARTS) is 2. The van der Waals surface area contributed by atoms with Crippen molar-refractivity contribution >= 4 is 68.3 Å². The molecule has 8 bridgehead atoms. The van der Waals surface area contributed by atoms with Crippen molar-refractivity contribution in [3.05, 3.63) is 142 Å². The van der Waals surface area contributed by atoms with Gasteiger partial charge in [0.1, 0.15) is 11.9 Å². The Morgan fingerprint density at radius 3 is 1.27 bits per heavy atom. The number of alkyl halides is 6. The van der Waals surface area contributed by atoms with Crippen molar-refractivity contribution in [3.8, 4) is 0 Å². The highest BCUT2D eigenvalue weighted by molar-refractivity contribution is 6.31. The van der Waals surface area contributed by atoms with E-state index in [1.165, 1.54) is 22.3 Å². The molecular weight excluding hydrogens is 777 g/mol. The van der Waals surface area contributed by atoms with Gasteiger partial charge in [0.15, 0.2) is 25.5 Å². The van der Waals surface area contributed by atoms with Crippen LogP contribution in [0.2, 0.25) is 10.0 Å². The van der Waals surface area contributed by atoms with Gasteiger partial charge < -0.3 is 35.9 Å². The molecule has 0 spiro atoms. The summed E-state index contributed by atoms with van der Waals surface area (Å²) in [6.07, 6.45) is -6.07. The Kier molecular flexibility index (Phi) is 13.5. The Balaban J connectivity index is 0.000000385. The van der Waals surface area contributed by atoms with Crippen LogP contribution in [-0.4, -0.2) is 29.8 Å². The minimum absolute atomic E-state index is 0. The van der Waals surface area contributed by atoms with Crippen LogP contribution in [0.1, 0.15) is 22.3 Å². The summed E-state index contributed by atoms with van der Waals surface area (Å²) in [4.78, 5) is 17.6. The molecule has 2 aromatic heterocycles. The molecule has 0 radical (unpaired) electrons. The lowest BCUT2D eigenvalue weighted by Gasteiger charge is -2.12. The number of aliphatic carboxylic acids is 2. The first-order valence-electron chi connectivity index (χ1n) is 15.9. The van der Waals surface area contributed by atoms with Crippen molar-refractivity contribution < 1.29 is 60.8 Å². The summed E-state index contributed by atoms with van der Waals surface area (Å²) in [6.45, 7) is 2.97. The number of halogens is 8. The molecule has 17 heteroatoms. The summed E-state index contributed by atoms with van der Waals surface area (Å²) in [6, 6.07) is 34.1. The average molecular weight is 808 g/mol. The fourth-order valence-corrected chi connectivity index (χ4v) is 5.94. The third-order valence-electron chi connectivity index (χ3n) is 8.11. The number of benzene rings is 4. The summed E-state index contributed by atoms with van der Waals surface area (Å²) in [5.74, 6) is -6.01. The van der Waals surface area contributed by atoms with E-state index in [9.17, 15) is 26.3 Å². The van der Waals surface area contributed by atoms with E-state index in [-0.39, 0.29) is 5.48 Å². The maximum absolute atomic E-state index is 10.5. The number of rotatable bonds is 0. The van der Waals surface area contributed by atoms with Crippen LogP contribution in [0, 0.1) is 0 Å². The van der Waals surface area contributed by atoms with Gasteiger partial charge in [-0.2, -0.15) is 35.5 Å². The van der Waals surface area contributed by atoms with Crippen LogP contribution >= 0.6 is 23.2 Å². The standard InChI is InChI=1S/C34H26Cl2N4.2C2HF3O2.H2O/c35-27-8-10-33-29(17-27)31-12-14-39(33)21-25-2-1-3-26(16-25)22-40-15-13-32(30-18-28(36)9-11-34(30)40)38-20-24-6-4-23(5-7-24)19-37-31;2*3-2(4,5)1(6)7;/h1-18H,19-22H2;2*(H,6,7);1H2. The van der Waals surface area contributed by atoms with Gasteiger partial charge in [0.05, 0.1) is 22.1 Å². The Bertz CT molecular complexity index is 2170. The summed E-state index contributed by atoms with van der Waals surface area (Å²) < 4.78 is 67.7. The first-order chi connectivity index (χ1) is 25.5. The second-order valence-corrected chi connectivity index (χ2v) is 12.8. The van der Waals surface area contributed by atoms with E-state index >= 15 is 0 Å². The Morgan fingerprint density at radius 1 is 0.564 bits per heavy atom. The van der Waals surface area contributed by atoms with Crippen molar-refractivity contribution in [1.82, 2.24) is 0 Å². The molecule has 0 aliphatic carbocycles. The molecular formula is C38H30Cl2F6N4O5. The number of carboxylic acids is 2. The second-order valence-electron chi connectivity index (χ2n) is 12.0. The number of pyridine rings is 2. The Labute approximate surface area is 319 Å². The molecule has 0 saturated carbocycles. The van der Waals surface area contributed by atoms with Gasteiger partial charge in [-0.25, -0.2) is 0 Å². The molecule has 9 nitrogen and oxygen atoms in total. The quantitative estimate of drug-likeness (QED) is 0.158. The zero-order chi connectivity index (χ0) is 39.2. The lowest BCUT2D eigenvalue weighted by molar-refractivity contribution is -0.663. The fourth-order valence-electron chi connectivity index (χ4n) is 5.59. The Hall–Kier alpha value is -5.64. The van der Waals surface area contributed by atoms with E-state index in [2.05, 4.69) is 105 Å². The summed E-state index contributed by atoms with van der Waals surface area (Å²) >= 11 is 12.9. The topological polar surface area (TPSA) is 144 Å². The van der Waals surface area contributed by atoms with Crippen LogP contribution in [0.4, 0.5) is 37.7 Å². The molecule has 6 aromatic rings. The number of hydrogen-bond acceptors (Lipinski definition) is 6. The number of nitrogens with zero attached hydrogens (tertiary/aromatic N) is 2. The predicted octanol–water partition coefficient (Wildman–Crippen LogP) is 5.28. The number of nitrogens with one attached hydrogen (secondary N) is 2. The largest absolute Gasteiger partial charge is 0.542 e. The smallest absolute Gasteiger partial charge is 0.430 e. The molecule has 4 aromatic carbocycles. The minimum atomic E-state index is -5.19. The molecule has 55 heavy (non-hydrogen) atoms. The van der Waals surface area contributed by atoms with Crippen molar-refractivity contribution in [2.45, 2.75) is 38.5 Å². The molecule has 4 aliphatic rings.